The van der Waals surface area contributed by atoms with Crippen LogP contribution in [0.5, 0.6) is 0 Å². The van der Waals surface area contributed by atoms with E-state index in [1.165, 1.54) is 12.8 Å². The smallest absolute Gasteiger partial charge is 0.181 e. The van der Waals surface area contributed by atoms with E-state index in [1.807, 2.05) is 6.33 Å². The number of fused-ring (bicyclic) bond motifs is 1. The summed E-state index contributed by atoms with van der Waals surface area (Å²) in [5.41, 5.74) is 1.92. The van der Waals surface area contributed by atoms with E-state index >= 15 is 0 Å². The molecule has 0 aromatic carbocycles. The van der Waals surface area contributed by atoms with Crippen LogP contribution in [-0.4, -0.2) is 15.3 Å². The third-order valence-corrected chi connectivity index (χ3v) is 2.66. The van der Waals surface area contributed by atoms with Gasteiger partial charge in [-0.1, -0.05) is 0 Å². The molecule has 1 fully saturated rings. The molecular formula is C9H10N2O. The van der Waals surface area contributed by atoms with Crippen LogP contribution in [-0.2, 0) is 6.42 Å². The first-order valence-corrected chi connectivity index (χ1v) is 4.45. The standard InChI is InChI=1S/C9H10N2O/c12-8-4-3-7-9(8)11(5-10-7)6-1-2-6/h5-6H,1-4H2. The van der Waals surface area contributed by atoms with Crippen molar-refractivity contribution in [3.05, 3.63) is 17.7 Å². The highest BCUT2D eigenvalue weighted by atomic mass is 16.1. The number of carbonyl (C=O) groups is 1. The van der Waals surface area contributed by atoms with Crippen LogP contribution < -0.4 is 0 Å². The minimum absolute atomic E-state index is 0.286. The van der Waals surface area contributed by atoms with E-state index in [4.69, 9.17) is 0 Å². The van der Waals surface area contributed by atoms with Crippen molar-refractivity contribution in [3.63, 3.8) is 0 Å². The highest BCUT2D eigenvalue weighted by Crippen LogP contribution is 2.37. The second-order valence-corrected chi connectivity index (χ2v) is 3.60. The Morgan fingerprint density at radius 1 is 1.42 bits per heavy atom. The minimum Gasteiger partial charge on any atom is -0.325 e. The second-order valence-electron chi connectivity index (χ2n) is 3.60. The summed E-state index contributed by atoms with van der Waals surface area (Å²) >= 11 is 0. The first-order chi connectivity index (χ1) is 5.86. The third kappa shape index (κ3) is 0.709. The number of carbonyl (C=O) groups excluding carboxylic acids is 1. The van der Waals surface area contributed by atoms with E-state index in [1.54, 1.807) is 0 Å². The van der Waals surface area contributed by atoms with Crippen LogP contribution in [0.4, 0.5) is 0 Å². The van der Waals surface area contributed by atoms with Crippen LogP contribution >= 0.6 is 0 Å². The number of imidazole rings is 1. The van der Waals surface area contributed by atoms with Crippen LogP contribution in [0, 0.1) is 0 Å². The lowest BCUT2D eigenvalue weighted by atomic mass is 10.3. The average Bonchev–Trinajstić information content (AvgIpc) is 2.71. The van der Waals surface area contributed by atoms with E-state index in [-0.39, 0.29) is 5.78 Å². The van der Waals surface area contributed by atoms with E-state index < -0.39 is 0 Å². The SMILES string of the molecule is O=C1CCc2ncn(C3CC3)c21. The van der Waals surface area contributed by atoms with Crippen molar-refractivity contribution >= 4 is 5.78 Å². The molecule has 0 amide bonds. The Morgan fingerprint density at radius 3 is 3.00 bits per heavy atom. The van der Waals surface area contributed by atoms with Gasteiger partial charge in [0.2, 0.25) is 0 Å². The van der Waals surface area contributed by atoms with Gasteiger partial charge in [0.15, 0.2) is 5.78 Å². The summed E-state index contributed by atoms with van der Waals surface area (Å²) in [6, 6.07) is 0.586. The fourth-order valence-corrected chi connectivity index (χ4v) is 1.87. The first kappa shape index (κ1) is 6.40. The van der Waals surface area contributed by atoms with Crippen LogP contribution in [0.3, 0.4) is 0 Å². The number of aromatic nitrogens is 2. The Morgan fingerprint density at radius 2 is 2.25 bits per heavy atom. The number of rotatable bonds is 1. The van der Waals surface area contributed by atoms with Gasteiger partial charge in [0.1, 0.15) is 5.69 Å². The molecular weight excluding hydrogens is 152 g/mol. The highest BCUT2D eigenvalue weighted by Gasteiger charge is 2.32. The van der Waals surface area contributed by atoms with Crippen molar-refractivity contribution in [3.8, 4) is 0 Å². The fourth-order valence-electron chi connectivity index (χ4n) is 1.87. The van der Waals surface area contributed by atoms with Gasteiger partial charge in [-0.05, 0) is 19.3 Å². The lowest BCUT2D eigenvalue weighted by Gasteiger charge is -2.00. The molecule has 0 radical (unpaired) electrons. The maximum atomic E-state index is 11.4. The van der Waals surface area contributed by atoms with Crippen molar-refractivity contribution in [2.45, 2.75) is 31.7 Å². The normalized spacial score (nSPS) is 21.5. The average molecular weight is 162 g/mol. The summed E-state index contributed by atoms with van der Waals surface area (Å²) in [5, 5.41) is 0. The summed E-state index contributed by atoms with van der Waals surface area (Å²) in [5.74, 6) is 0.286. The predicted octanol–water partition coefficient (Wildman–Crippen LogP) is 1.35. The zero-order chi connectivity index (χ0) is 8.13. The summed E-state index contributed by atoms with van der Waals surface area (Å²) in [4.78, 5) is 15.7. The molecule has 0 spiro atoms. The van der Waals surface area contributed by atoms with E-state index in [9.17, 15) is 4.79 Å². The van der Waals surface area contributed by atoms with Crippen molar-refractivity contribution < 1.29 is 4.79 Å². The van der Waals surface area contributed by atoms with E-state index in [2.05, 4.69) is 9.55 Å². The first-order valence-electron chi connectivity index (χ1n) is 4.45. The van der Waals surface area contributed by atoms with Crippen LogP contribution in [0.25, 0.3) is 0 Å². The maximum Gasteiger partial charge on any atom is 0.181 e. The third-order valence-electron chi connectivity index (χ3n) is 2.66. The van der Waals surface area contributed by atoms with Crippen LogP contribution in [0.1, 0.15) is 41.5 Å². The Balaban J connectivity index is 2.15. The summed E-state index contributed by atoms with van der Waals surface area (Å²) in [7, 11) is 0. The molecule has 0 bridgehead atoms. The number of ketones is 1. The van der Waals surface area contributed by atoms with Crippen molar-refractivity contribution in [1.82, 2.24) is 9.55 Å². The quantitative estimate of drug-likeness (QED) is 0.624. The summed E-state index contributed by atoms with van der Waals surface area (Å²) in [6.45, 7) is 0. The predicted molar refractivity (Wildman–Crippen MR) is 43.1 cm³/mol. The van der Waals surface area contributed by atoms with Crippen molar-refractivity contribution in [1.29, 1.82) is 0 Å². The van der Waals surface area contributed by atoms with E-state index in [0.717, 1.165) is 17.8 Å². The van der Waals surface area contributed by atoms with Crippen LogP contribution in [0.2, 0.25) is 0 Å². The topological polar surface area (TPSA) is 34.9 Å². The molecule has 62 valence electrons. The molecule has 12 heavy (non-hydrogen) atoms. The molecule has 3 rings (SSSR count). The van der Waals surface area contributed by atoms with Gasteiger partial charge in [0.05, 0.1) is 12.0 Å². The number of Topliss-reactive ketones (excluding diaryl/α,β-unsaturated/α-hetero) is 1. The molecule has 2 aliphatic rings. The van der Waals surface area contributed by atoms with Gasteiger partial charge >= 0.3 is 0 Å². The van der Waals surface area contributed by atoms with Crippen molar-refractivity contribution in [2.24, 2.45) is 0 Å². The second kappa shape index (κ2) is 1.97. The Labute approximate surface area is 70.4 Å². The van der Waals surface area contributed by atoms with Crippen LogP contribution in [0.15, 0.2) is 6.33 Å². The monoisotopic (exact) mass is 162 g/mol. The fraction of sp³-hybridized carbons (Fsp3) is 0.556. The van der Waals surface area contributed by atoms with Gasteiger partial charge in [0, 0.05) is 12.5 Å². The Hall–Kier alpha value is -1.12. The number of nitrogens with zero attached hydrogens (tertiary/aromatic N) is 2. The Bertz CT molecular complexity index is 349. The van der Waals surface area contributed by atoms with Gasteiger partial charge in [-0.15, -0.1) is 0 Å². The molecule has 2 aliphatic carbocycles. The van der Waals surface area contributed by atoms with Gasteiger partial charge < -0.3 is 4.57 Å². The van der Waals surface area contributed by atoms with Gasteiger partial charge in [-0.3, -0.25) is 4.79 Å². The van der Waals surface area contributed by atoms with Gasteiger partial charge in [-0.2, -0.15) is 0 Å². The van der Waals surface area contributed by atoms with Gasteiger partial charge in [-0.25, -0.2) is 4.98 Å². The molecule has 0 atom stereocenters. The largest absolute Gasteiger partial charge is 0.325 e. The minimum atomic E-state index is 0.286. The molecule has 1 aromatic heterocycles. The lowest BCUT2D eigenvalue weighted by Crippen LogP contribution is -2.03. The van der Waals surface area contributed by atoms with Crippen molar-refractivity contribution in [2.75, 3.05) is 0 Å². The lowest BCUT2D eigenvalue weighted by molar-refractivity contribution is 0.0986. The molecule has 3 heteroatoms. The number of aryl methyl sites for hydroxylation is 1. The summed E-state index contributed by atoms with van der Waals surface area (Å²) in [6.07, 6.45) is 5.80. The molecule has 0 N–H and O–H groups in total. The van der Waals surface area contributed by atoms with E-state index in [0.29, 0.717) is 12.5 Å². The molecule has 1 saturated carbocycles. The van der Waals surface area contributed by atoms with Gasteiger partial charge in [0.25, 0.3) is 0 Å². The number of hydrogen-bond acceptors (Lipinski definition) is 2. The molecule has 1 aromatic rings. The molecule has 0 saturated heterocycles. The maximum absolute atomic E-state index is 11.4. The molecule has 3 nitrogen and oxygen atoms in total. The molecule has 0 unspecified atom stereocenters. The molecule has 1 heterocycles. The number of hydrogen-bond donors (Lipinski definition) is 0. The summed E-state index contributed by atoms with van der Waals surface area (Å²) < 4.78 is 2.07. The zero-order valence-electron chi connectivity index (χ0n) is 6.79. The zero-order valence-corrected chi connectivity index (χ0v) is 6.79. The highest BCUT2D eigenvalue weighted by molar-refractivity contribution is 5.98. The Kier molecular flexibility index (Phi) is 1.05. The molecule has 0 aliphatic heterocycles.